The Balaban J connectivity index is 1.53. The Bertz CT molecular complexity index is 701. The van der Waals surface area contributed by atoms with Crippen molar-refractivity contribution in [1.29, 1.82) is 0 Å². The highest BCUT2D eigenvalue weighted by Crippen LogP contribution is 2.29. The van der Waals surface area contributed by atoms with E-state index in [1.54, 1.807) is 0 Å². The topological polar surface area (TPSA) is 38.1 Å². The number of carbonyl (C=O) groups excluding carboxylic acids is 1. The van der Waals surface area contributed by atoms with Gasteiger partial charge in [0.05, 0.1) is 6.33 Å². The van der Waals surface area contributed by atoms with Crippen LogP contribution in [0.25, 0.3) is 0 Å². The molecule has 0 N–H and O–H groups in total. The number of likely N-dealkylation sites (tertiary alicyclic amines) is 1. The van der Waals surface area contributed by atoms with Crippen LogP contribution in [0.3, 0.4) is 0 Å². The van der Waals surface area contributed by atoms with Gasteiger partial charge in [-0.1, -0.05) is 29.3 Å². The molecule has 0 bridgehead atoms. The van der Waals surface area contributed by atoms with Crippen molar-refractivity contribution in [3.05, 3.63) is 52.0 Å². The minimum atomic E-state index is 0.175. The third-order valence-electron chi connectivity index (χ3n) is 4.77. The molecule has 0 radical (unpaired) electrons. The fourth-order valence-electron chi connectivity index (χ4n) is 3.35. The molecule has 1 amide bonds. The summed E-state index contributed by atoms with van der Waals surface area (Å²) in [6.45, 7) is 1.59. The molecule has 1 aromatic carbocycles. The first kappa shape index (κ1) is 17.3. The number of piperidine rings is 1. The van der Waals surface area contributed by atoms with Gasteiger partial charge in [0.25, 0.3) is 0 Å². The summed E-state index contributed by atoms with van der Waals surface area (Å²) in [6.07, 6.45) is 6.76. The van der Waals surface area contributed by atoms with Crippen LogP contribution in [0.4, 0.5) is 0 Å². The molecule has 128 valence electrons. The maximum absolute atomic E-state index is 12.5. The summed E-state index contributed by atoms with van der Waals surface area (Å²) in [7, 11) is 2.02. The number of benzene rings is 1. The van der Waals surface area contributed by atoms with Crippen LogP contribution in [-0.4, -0.2) is 33.4 Å². The van der Waals surface area contributed by atoms with Crippen LogP contribution in [0.15, 0.2) is 30.7 Å². The van der Waals surface area contributed by atoms with Gasteiger partial charge in [0.1, 0.15) is 0 Å². The highest BCUT2D eigenvalue weighted by molar-refractivity contribution is 6.36. The summed E-state index contributed by atoms with van der Waals surface area (Å²) in [5.74, 6) is 0.661. The van der Waals surface area contributed by atoms with Crippen molar-refractivity contribution in [3.8, 4) is 0 Å². The SMILES string of the molecule is Cn1cncc1C1CCN(C(=O)CCc2c(Cl)cccc2Cl)CC1. The van der Waals surface area contributed by atoms with Crippen molar-refractivity contribution in [2.24, 2.45) is 7.05 Å². The summed E-state index contributed by atoms with van der Waals surface area (Å²) in [6, 6.07) is 5.44. The number of halogens is 2. The molecule has 0 unspecified atom stereocenters. The quantitative estimate of drug-likeness (QED) is 0.818. The number of rotatable bonds is 4. The molecule has 0 saturated carbocycles. The van der Waals surface area contributed by atoms with Gasteiger partial charge in [-0.3, -0.25) is 4.79 Å². The second-order valence-electron chi connectivity index (χ2n) is 6.28. The molecule has 24 heavy (non-hydrogen) atoms. The minimum Gasteiger partial charge on any atom is -0.343 e. The smallest absolute Gasteiger partial charge is 0.222 e. The van der Waals surface area contributed by atoms with Gasteiger partial charge in [-0.25, -0.2) is 4.98 Å². The van der Waals surface area contributed by atoms with Crippen LogP contribution >= 0.6 is 23.2 Å². The number of hydrogen-bond donors (Lipinski definition) is 0. The number of imidazole rings is 1. The Morgan fingerprint density at radius 3 is 2.50 bits per heavy atom. The Labute approximate surface area is 152 Å². The first-order valence-electron chi connectivity index (χ1n) is 8.23. The standard InChI is InChI=1S/C18H21Cl2N3O/c1-22-12-21-11-17(22)13-7-9-23(10-8-13)18(24)6-5-14-15(19)3-2-4-16(14)20/h2-4,11-13H,5-10H2,1H3. The first-order chi connectivity index (χ1) is 11.6. The highest BCUT2D eigenvalue weighted by atomic mass is 35.5. The fourth-order valence-corrected chi connectivity index (χ4v) is 3.93. The second-order valence-corrected chi connectivity index (χ2v) is 7.10. The summed E-state index contributed by atoms with van der Waals surface area (Å²) in [5, 5.41) is 1.26. The third kappa shape index (κ3) is 3.76. The molecule has 1 aliphatic heterocycles. The molecular weight excluding hydrogens is 345 g/mol. The predicted molar refractivity (Wildman–Crippen MR) is 96.5 cm³/mol. The van der Waals surface area contributed by atoms with Crippen LogP contribution in [0.2, 0.25) is 10.0 Å². The summed E-state index contributed by atoms with van der Waals surface area (Å²) >= 11 is 12.3. The van der Waals surface area contributed by atoms with Crippen LogP contribution in [0.5, 0.6) is 0 Å². The van der Waals surface area contributed by atoms with Crippen LogP contribution in [0, 0.1) is 0 Å². The lowest BCUT2D eigenvalue weighted by Gasteiger charge is -2.32. The monoisotopic (exact) mass is 365 g/mol. The van der Waals surface area contributed by atoms with E-state index in [-0.39, 0.29) is 5.91 Å². The van der Waals surface area contributed by atoms with E-state index in [1.807, 2.05) is 42.7 Å². The average molecular weight is 366 g/mol. The zero-order chi connectivity index (χ0) is 17.1. The zero-order valence-electron chi connectivity index (χ0n) is 13.7. The van der Waals surface area contributed by atoms with E-state index in [2.05, 4.69) is 9.55 Å². The molecule has 1 aliphatic rings. The number of carbonyl (C=O) groups is 1. The normalized spacial score (nSPS) is 15.7. The van der Waals surface area contributed by atoms with Crippen LogP contribution < -0.4 is 0 Å². The Hall–Kier alpha value is -1.52. The summed E-state index contributed by atoms with van der Waals surface area (Å²) in [5.41, 5.74) is 2.11. The molecule has 6 heteroatoms. The van der Waals surface area contributed by atoms with Gasteiger partial charge in [-0.2, -0.15) is 0 Å². The van der Waals surface area contributed by atoms with E-state index in [9.17, 15) is 4.79 Å². The number of nitrogens with zero attached hydrogens (tertiary/aromatic N) is 3. The van der Waals surface area contributed by atoms with E-state index >= 15 is 0 Å². The molecule has 2 aromatic rings. The van der Waals surface area contributed by atoms with E-state index in [0.717, 1.165) is 31.5 Å². The summed E-state index contributed by atoms with van der Waals surface area (Å²) < 4.78 is 2.07. The van der Waals surface area contributed by atoms with E-state index in [1.165, 1.54) is 5.69 Å². The number of hydrogen-bond acceptors (Lipinski definition) is 2. The van der Waals surface area contributed by atoms with Gasteiger partial charge in [0.15, 0.2) is 0 Å². The number of aromatic nitrogens is 2. The molecule has 0 aliphatic carbocycles. The Kier molecular flexibility index (Phi) is 5.47. The number of aryl methyl sites for hydroxylation is 1. The third-order valence-corrected chi connectivity index (χ3v) is 5.48. The van der Waals surface area contributed by atoms with Crippen LogP contribution in [-0.2, 0) is 18.3 Å². The van der Waals surface area contributed by atoms with Crippen molar-refractivity contribution in [2.75, 3.05) is 13.1 Å². The minimum absolute atomic E-state index is 0.175. The average Bonchev–Trinajstić information content (AvgIpc) is 3.00. The molecule has 2 heterocycles. The van der Waals surface area contributed by atoms with Crippen molar-refractivity contribution in [2.45, 2.75) is 31.6 Å². The predicted octanol–water partition coefficient (Wildman–Crippen LogP) is 4.07. The van der Waals surface area contributed by atoms with Crippen molar-refractivity contribution in [3.63, 3.8) is 0 Å². The molecular formula is C18H21Cl2N3O. The van der Waals surface area contributed by atoms with Gasteiger partial charge >= 0.3 is 0 Å². The fraction of sp³-hybridized carbons (Fsp3) is 0.444. The van der Waals surface area contributed by atoms with Crippen LogP contribution in [0.1, 0.15) is 36.4 Å². The van der Waals surface area contributed by atoms with Gasteiger partial charge in [0.2, 0.25) is 5.91 Å². The molecule has 4 nitrogen and oxygen atoms in total. The lowest BCUT2D eigenvalue weighted by molar-refractivity contribution is -0.132. The van der Waals surface area contributed by atoms with Crippen molar-refractivity contribution >= 4 is 29.1 Å². The van der Waals surface area contributed by atoms with Gasteiger partial charge in [-0.15, -0.1) is 0 Å². The molecule has 1 aromatic heterocycles. The largest absolute Gasteiger partial charge is 0.343 e. The Morgan fingerprint density at radius 1 is 1.25 bits per heavy atom. The number of amides is 1. The molecule has 1 fully saturated rings. The lowest BCUT2D eigenvalue weighted by atomic mass is 9.93. The zero-order valence-corrected chi connectivity index (χ0v) is 15.2. The van der Waals surface area contributed by atoms with E-state index in [4.69, 9.17) is 23.2 Å². The van der Waals surface area contributed by atoms with Crippen molar-refractivity contribution in [1.82, 2.24) is 14.5 Å². The lowest BCUT2D eigenvalue weighted by Crippen LogP contribution is -2.38. The maximum atomic E-state index is 12.5. The first-order valence-corrected chi connectivity index (χ1v) is 8.98. The molecule has 0 atom stereocenters. The molecule has 0 spiro atoms. The van der Waals surface area contributed by atoms with E-state index in [0.29, 0.717) is 28.8 Å². The van der Waals surface area contributed by atoms with Gasteiger partial charge in [-0.05, 0) is 37.0 Å². The van der Waals surface area contributed by atoms with Gasteiger partial charge < -0.3 is 9.47 Å². The highest BCUT2D eigenvalue weighted by Gasteiger charge is 2.25. The summed E-state index contributed by atoms with van der Waals surface area (Å²) in [4.78, 5) is 18.6. The molecule has 1 saturated heterocycles. The van der Waals surface area contributed by atoms with Gasteiger partial charge in [0, 0.05) is 54.4 Å². The van der Waals surface area contributed by atoms with E-state index < -0.39 is 0 Å². The Morgan fingerprint density at radius 2 is 1.92 bits per heavy atom. The molecule has 3 rings (SSSR count). The second kappa shape index (κ2) is 7.58. The van der Waals surface area contributed by atoms with Crippen molar-refractivity contribution < 1.29 is 4.79 Å². The maximum Gasteiger partial charge on any atom is 0.222 e.